The summed E-state index contributed by atoms with van der Waals surface area (Å²) < 4.78 is 11.5. The number of rotatable bonds is 6. The number of nitrogens with zero attached hydrogens (tertiary/aromatic N) is 1. The van der Waals surface area contributed by atoms with Gasteiger partial charge in [0.1, 0.15) is 11.5 Å². The van der Waals surface area contributed by atoms with Gasteiger partial charge in [-0.2, -0.15) is 0 Å². The van der Waals surface area contributed by atoms with Crippen LogP contribution in [0.5, 0.6) is 11.5 Å². The van der Waals surface area contributed by atoms with Gasteiger partial charge in [-0.15, -0.1) is 0 Å². The molecule has 0 radical (unpaired) electrons. The predicted molar refractivity (Wildman–Crippen MR) is 122 cm³/mol. The summed E-state index contributed by atoms with van der Waals surface area (Å²) in [6, 6.07) is 17.5. The van der Waals surface area contributed by atoms with Gasteiger partial charge in [0.15, 0.2) is 0 Å². The number of methoxy groups -OCH3 is 2. The highest BCUT2D eigenvalue weighted by Gasteiger charge is 2.45. The minimum atomic E-state index is 0.193. The van der Waals surface area contributed by atoms with Crippen molar-refractivity contribution in [2.45, 2.75) is 51.4 Å². The van der Waals surface area contributed by atoms with Gasteiger partial charge in [0, 0.05) is 29.2 Å². The lowest BCUT2D eigenvalue weighted by atomic mass is 9.76. The molecule has 0 saturated carbocycles. The van der Waals surface area contributed by atoms with E-state index in [1.807, 2.05) is 6.20 Å². The van der Waals surface area contributed by atoms with Gasteiger partial charge in [-0.1, -0.05) is 55.8 Å². The van der Waals surface area contributed by atoms with E-state index in [1.54, 1.807) is 14.2 Å². The third-order valence-electron chi connectivity index (χ3n) is 6.50. The number of benzene rings is 2. The summed E-state index contributed by atoms with van der Waals surface area (Å²) in [7, 11) is 3.51. The second kappa shape index (κ2) is 8.51. The minimum absolute atomic E-state index is 0.193. The Morgan fingerprint density at radius 3 is 2.30 bits per heavy atom. The van der Waals surface area contributed by atoms with E-state index < -0.39 is 0 Å². The van der Waals surface area contributed by atoms with Crippen LogP contribution in [0.3, 0.4) is 0 Å². The fraction of sp³-hybridized carbons (Fsp3) is 0.370. The Bertz CT molecular complexity index is 1030. The standard InChI is InChI=1S/C27H31NO2/c1-6-10-21-23(19-11-8-7-9-12-19)24(20-13-14-22(29-4)17(2)15-20)26-25(21)27(30-5)18(3)16-28-26/h7-9,11-16,21,23-24H,6,10H2,1-5H3. The van der Waals surface area contributed by atoms with Gasteiger partial charge < -0.3 is 9.47 Å². The summed E-state index contributed by atoms with van der Waals surface area (Å²) in [6.45, 7) is 6.47. The van der Waals surface area contributed by atoms with Gasteiger partial charge in [0.2, 0.25) is 0 Å². The molecular weight excluding hydrogens is 370 g/mol. The van der Waals surface area contributed by atoms with Crippen molar-refractivity contribution in [2.24, 2.45) is 0 Å². The Morgan fingerprint density at radius 1 is 0.900 bits per heavy atom. The van der Waals surface area contributed by atoms with E-state index >= 15 is 0 Å². The van der Waals surface area contributed by atoms with Crippen molar-refractivity contribution in [3.63, 3.8) is 0 Å². The monoisotopic (exact) mass is 401 g/mol. The summed E-state index contributed by atoms with van der Waals surface area (Å²) in [6.07, 6.45) is 4.20. The molecule has 0 fully saturated rings. The molecular formula is C27H31NO2. The van der Waals surface area contributed by atoms with E-state index in [-0.39, 0.29) is 5.92 Å². The largest absolute Gasteiger partial charge is 0.496 e. The highest BCUT2D eigenvalue weighted by Crippen LogP contribution is 2.58. The molecule has 4 rings (SSSR count). The molecule has 0 saturated heterocycles. The SMILES string of the molecule is CCCC1c2c(ncc(C)c2OC)C(c2ccc(OC)c(C)c2)C1c1ccccc1. The molecule has 3 nitrogen and oxygen atoms in total. The summed E-state index contributed by atoms with van der Waals surface area (Å²) in [5.41, 5.74) is 7.38. The van der Waals surface area contributed by atoms with Crippen LogP contribution < -0.4 is 9.47 Å². The van der Waals surface area contributed by atoms with Crippen molar-refractivity contribution >= 4 is 0 Å². The Labute approximate surface area is 180 Å². The second-order valence-electron chi connectivity index (χ2n) is 8.31. The van der Waals surface area contributed by atoms with E-state index in [1.165, 1.54) is 16.7 Å². The van der Waals surface area contributed by atoms with Crippen molar-refractivity contribution in [3.8, 4) is 11.5 Å². The number of ether oxygens (including phenoxy) is 2. The van der Waals surface area contributed by atoms with Crippen molar-refractivity contribution < 1.29 is 9.47 Å². The normalized spacial score (nSPS) is 20.1. The number of hydrogen-bond donors (Lipinski definition) is 0. The van der Waals surface area contributed by atoms with Gasteiger partial charge in [-0.3, -0.25) is 4.98 Å². The topological polar surface area (TPSA) is 31.4 Å². The lowest BCUT2D eigenvalue weighted by molar-refractivity contribution is 0.398. The highest BCUT2D eigenvalue weighted by atomic mass is 16.5. The van der Waals surface area contributed by atoms with Crippen LogP contribution in [0, 0.1) is 13.8 Å². The molecule has 3 atom stereocenters. The molecule has 3 heteroatoms. The minimum Gasteiger partial charge on any atom is -0.496 e. The van der Waals surface area contributed by atoms with Crippen molar-refractivity contribution in [2.75, 3.05) is 14.2 Å². The lowest BCUT2D eigenvalue weighted by Crippen LogP contribution is -2.13. The van der Waals surface area contributed by atoms with Gasteiger partial charge in [0.05, 0.1) is 19.9 Å². The van der Waals surface area contributed by atoms with Crippen LogP contribution in [0.2, 0.25) is 0 Å². The maximum absolute atomic E-state index is 5.93. The van der Waals surface area contributed by atoms with Crippen LogP contribution in [-0.4, -0.2) is 19.2 Å². The first-order valence-electron chi connectivity index (χ1n) is 10.8. The second-order valence-corrected chi connectivity index (χ2v) is 8.31. The molecule has 1 aliphatic rings. The van der Waals surface area contributed by atoms with E-state index in [0.29, 0.717) is 11.8 Å². The Kier molecular flexibility index (Phi) is 5.80. The molecule has 1 aromatic heterocycles. The molecule has 0 bridgehead atoms. The fourth-order valence-corrected chi connectivity index (χ4v) is 5.28. The van der Waals surface area contributed by atoms with Crippen molar-refractivity contribution in [3.05, 3.63) is 88.2 Å². The molecule has 2 aromatic carbocycles. The Hall–Kier alpha value is -2.81. The summed E-state index contributed by atoms with van der Waals surface area (Å²) in [5, 5.41) is 0. The van der Waals surface area contributed by atoms with Crippen molar-refractivity contribution in [1.82, 2.24) is 4.98 Å². The first-order valence-corrected chi connectivity index (χ1v) is 10.8. The molecule has 156 valence electrons. The van der Waals surface area contributed by atoms with Crippen LogP contribution in [0.4, 0.5) is 0 Å². The number of aryl methyl sites for hydroxylation is 2. The lowest BCUT2D eigenvalue weighted by Gasteiger charge is -2.27. The van der Waals surface area contributed by atoms with Gasteiger partial charge in [-0.05, 0) is 48.9 Å². The van der Waals surface area contributed by atoms with E-state index in [9.17, 15) is 0 Å². The smallest absolute Gasteiger partial charge is 0.128 e. The van der Waals surface area contributed by atoms with Crippen LogP contribution >= 0.6 is 0 Å². The van der Waals surface area contributed by atoms with E-state index in [0.717, 1.165) is 41.2 Å². The van der Waals surface area contributed by atoms with Gasteiger partial charge in [0.25, 0.3) is 0 Å². The highest BCUT2D eigenvalue weighted by molar-refractivity contribution is 5.56. The maximum atomic E-state index is 5.93. The van der Waals surface area contributed by atoms with Crippen LogP contribution in [0.15, 0.2) is 54.7 Å². The Balaban J connectivity index is 1.97. The average Bonchev–Trinajstić information content (AvgIpc) is 3.09. The third kappa shape index (κ3) is 3.36. The van der Waals surface area contributed by atoms with Crippen molar-refractivity contribution in [1.29, 1.82) is 0 Å². The van der Waals surface area contributed by atoms with E-state index in [2.05, 4.69) is 69.3 Å². The number of aromatic nitrogens is 1. The third-order valence-corrected chi connectivity index (χ3v) is 6.50. The average molecular weight is 402 g/mol. The molecule has 3 unspecified atom stereocenters. The molecule has 3 aromatic rings. The summed E-state index contributed by atoms with van der Waals surface area (Å²) >= 11 is 0. The zero-order valence-electron chi connectivity index (χ0n) is 18.6. The first kappa shape index (κ1) is 20.5. The molecule has 0 aliphatic heterocycles. The molecule has 1 aliphatic carbocycles. The molecule has 0 N–H and O–H groups in total. The van der Waals surface area contributed by atoms with E-state index in [4.69, 9.17) is 14.5 Å². The number of hydrogen-bond acceptors (Lipinski definition) is 3. The zero-order valence-corrected chi connectivity index (χ0v) is 18.6. The predicted octanol–water partition coefficient (Wildman–Crippen LogP) is 6.53. The molecule has 30 heavy (non-hydrogen) atoms. The zero-order chi connectivity index (χ0) is 21.3. The Morgan fingerprint density at radius 2 is 1.67 bits per heavy atom. The fourth-order valence-electron chi connectivity index (χ4n) is 5.28. The number of fused-ring (bicyclic) bond motifs is 1. The number of pyridine rings is 1. The van der Waals surface area contributed by atoms with Crippen LogP contribution in [0.25, 0.3) is 0 Å². The molecule has 1 heterocycles. The summed E-state index contributed by atoms with van der Waals surface area (Å²) in [5.74, 6) is 2.83. The molecule has 0 amide bonds. The summed E-state index contributed by atoms with van der Waals surface area (Å²) in [4.78, 5) is 4.99. The molecule has 0 spiro atoms. The van der Waals surface area contributed by atoms with Gasteiger partial charge >= 0.3 is 0 Å². The van der Waals surface area contributed by atoms with Gasteiger partial charge in [-0.25, -0.2) is 0 Å². The maximum Gasteiger partial charge on any atom is 0.128 e. The van der Waals surface area contributed by atoms with Crippen LogP contribution in [-0.2, 0) is 0 Å². The van der Waals surface area contributed by atoms with Crippen LogP contribution in [0.1, 0.15) is 71.0 Å². The quantitative estimate of drug-likeness (QED) is 0.471. The first-order chi connectivity index (χ1) is 14.6.